The fourth-order valence-corrected chi connectivity index (χ4v) is 3.04. The van der Waals surface area contributed by atoms with Gasteiger partial charge in [0.05, 0.1) is 4.91 Å². The highest BCUT2D eigenvalue weighted by Gasteiger charge is 2.22. The van der Waals surface area contributed by atoms with Gasteiger partial charge in [-0.15, -0.1) is 0 Å². The van der Waals surface area contributed by atoms with Gasteiger partial charge in [0, 0.05) is 16.1 Å². The number of hydrogen-bond acceptors (Lipinski definition) is 4. The van der Waals surface area contributed by atoms with Crippen molar-refractivity contribution in [3.63, 3.8) is 0 Å². The van der Waals surface area contributed by atoms with Gasteiger partial charge in [-0.2, -0.15) is 0 Å². The lowest BCUT2D eigenvalue weighted by atomic mass is 10.2. The van der Waals surface area contributed by atoms with Crippen LogP contribution in [0.15, 0.2) is 50.2 Å². The quantitative estimate of drug-likeness (QED) is 0.639. The maximum atomic E-state index is 11.6. The number of nitrogens with one attached hydrogen (secondary N) is 1. The Balaban J connectivity index is 1.87. The second-order valence-corrected chi connectivity index (χ2v) is 6.70. The summed E-state index contributed by atoms with van der Waals surface area (Å²) in [6.07, 6.45) is 1.70. The molecule has 1 N–H and O–H groups in total. The molecule has 0 spiro atoms. The van der Waals surface area contributed by atoms with Crippen molar-refractivity contribution in [1.29, 1.82) is 0 Å². The Hall–Kier alpha value is -1.37. The van der Waals surface area contributed by atoms with E-state index in [2.05, 4.69) is 21.2 Å². The van der Waals surface area contributed by atoms with Gasteiger partial charge in [0.1, 0.15) is 15.8 Å². The number of thiocarbonyl (C=S) groups is 1. The van der Waals surface area contributed by atoms with Crippen molar-refractivity contribution in [1.82, 2.24) is 5.32 Å². The van der Waals surface area contributed by atoms with Crippen LogP contribution in [0.1, 0.15) is 5.76 Å². The molecule has 1 amide bonds. The first kappa shape index (κ1) is 13.6. The number of carbonyl (C=O) groups excluding carboxylic acids is 1. The fraction of sp³-hybridized carbons (Fsp3) is 0. The van der Waals surface area contributed by atoms with Gasteiger partial charge >= 0.3 is 0 Å². The van der Waals surface area contributed by atoms with Gasteiger partial charge in [0.25, 0.3) is 5.91 Å². The van der Waals surface area contributed by atoms with E-state index in [1.165, 1.54) is 11.8 Å². The van der Waals surface area contributed by atoms with E-state index in [9.17, 15) is 4.79 Å². The highest BCUT2D eigenvalue weighted by molar-refractivity contribution is 9.10. The van der Waals surface area contributed by atoms with Gasteiger partial charge in [0.2, 0.25) is 0 Å². The molecule has 0 bridgehead atoms. The zero-order chi connectivity index (χ0) is 14.1. The molecule has 1 aromatic heterocycles. The van der Waals surface area contributed by atoms with E-state index in [4.69, 9.17) is 16.6 Å². The van der Waals surface area contributed by atoms with Gasteiger partial charge in [-0.25, -0.2) is 0 Å². The highest BCUT2D eigenvalue weighted by atomic mass is 79.9. The molecule has 2 aromatic rings. The molecule has 1 saturated heterocycles. The second kappa shape index (κ2) is 5.55. The van der Waals surface area contributed by atoms with E-state index in [1.54, 1.807) is 6.08 Å². The summed E-state index contributed by atoms with van der Waals surface area (Å²) in [5.41, 5.74) is 0.983. The van der Waals surface area contributed by atoms with Crippen LogP contribution in [0, 0.1) is 0 Å². The van der Waals surface area contributed by atoms with Crippen molar-refractivity contribution in [3.05, 3.63) is 51.5 Å². The molecule has 1 aliphatic heterocycles. The van der Waals surface area contributed by atoms with Crippen LogP contribution in [0.5, 0.6) is 0 Å². The Labute approximate surface area is 133 Å². The van der Waals surface area contributed by atoms with Crippen molar-refractivity contribution in [2.24, 2.45) is 0 Å². The van der Waals surface area contributed by atoms with Crippen molar-refractivity contribution < 1.29 is 9.21 Å². The normalized spacial score (nSPS) is 16.8. The fourth-order valence-electron chi connectivity index (χ4n) is 1.75. The minimum Gasteiger partial charge on any atom is -0.457 e. The van der Waals surface area contributed by atoms with E-state index >= 15 is 0 Å². The van der Waals surface area contributed by atoms with E-state index in [0.29, 0.717) is 15.0 Å². The van der Waals surface area contributed by atoms with Crippen LogP contribution in [0.2, 0.25) is 0 Å². The van der Waals surface area contributed by atoms with Crippen LogP contribution in [0.3, 0.4) is 0 Å². The molecule has 100 valence electrons. The van der Waals surface area contributed by atoms with E-state index in [1.807, 2.05) is 36.4 Å². The predicted molar refractivity (Wildman–Crippen MR) is 88.2 cm³/mol. The summed E-state index contributed by atoms with van der Waals surface area (Å²) in [6, 6.07) is 11.5. The summed E-state index contributed by atoms with van der Waals surface area (Å²) in [7, 11) is 0. The van der Waals surface area contributed by atoms with Crippen molar-refractivity contribution in [2.75, 3.05) is 0 Å². The Bertz CT molecular complexity index is 719. The van der Waals surface area contributed by atoms with Crippen LogP contribution in [0.25, 0.3) is 17.4 Å². The van der Waals surface area contributed by atoms with Crippen LogP contribution in [0.4, 0.5) is 0 Å². The summed E-state index contributed by atoms with van der Waals surface area (Å²) in [5, 5.41) is 2.57. The van der Waals surface area contributed by atoms with Crippen LogP contribution < -0.4 is 5.32 Å². The Kier molecular flexibility index (Phi) is 3.78. The first-order valence-electron chi connectivity index (χ1n) is 5.72. The van der Waals surface area contributed by atoms with E-state index < -0.39 is 0 Å². The third-order valence-corrected chi connectivity index (χ3v) is 4.36. The lowest BCUT2D eigenvalue weighted by molar-refractivity contribution is -0.115. The molecule has 0 radical (unpaired) electrons. The van der Waals surface area contributed by atoms with Crippen LogP contribution in [-0.4, -0.2) is 10.2 Å². The Morgan fingerprint density at radius 2 is 1.95 bits per heavy atom. The number of furan rings is 1. The number of halogens is 1. The first-order chi connectivity index (χ1) is 9.61. The highest BCUT2D eigenvalue weighted by Crippen LogP contribution is 2.29. The zero-order valence-electron chi connectivity index (χ0n) is 10.1. The molecule has 0 aliphatic carbocycles. The lowest BCUT2D eigenvalue weighted by Gasteiger charge is -1.96. The number of amides is 1. The van der Waals surface area contributed by atoms with Crippen molar-refractivity contribution in [2.45, 2.75) is 0 Å². The summed E-state index contributed by atoms with van der Waals surface area (Å²) in [6.45, 7) is 0. The molecule has 1 aliphatic rings. The number of benzene rings is 1. The van der Waals surface area contributed by atoms with Crippen molar-refractivity contribution >= 4 is 56.2 Å². The van der Waals surface area contributed by atoms with Gasteiger partial charge in [-0.1, -0.05) is 52.0 Å². The molecule has 0 unspecified atom stereocenters. The number of rotatable bonds is 2. The number of carbonyl (C=O) groups is 1. The van der Waals surface area contributed by atoms with Gasteiger partial charge < -0.3 is 9.73 Å². The molecular formula is C14H8BrNO2S2. The molecule has 2 heterocycles. The average molecular weight is 366 g/mol. The Morgan fingerprint density at radius 3 is 2.60 bits per heavy atom. The third-order valence-electron chi connectivity index (χ3n) is 2.67. The van der Waals surface area contributed by atoms with Crippen LogP contribution in [-0.2, 0) is 4.79 Å². The molecule has 3 nitrogen and oxygen atoms in total. The summed E-state index contributed by atoms with van der Waals surface area (Å²) in [5.74, 6) is 1.21. The number of hydrogen-bond donors (Lipinski definition) is 1. The average Bonchev–Trinajstić information content (AvgIpc) is 2.98. The van der Waals surface area contributed by atoms with Gasteiger partial charge in [-0.05, 0) is 24.3 Å². The Morgan fingerprint density at radius 1 is 1.20 bits per heavy atom. The molecule has 1 aromatic carbocycles. The number of thioether (sulfide) groups is 1. The molecular weight excluding hydrogens is 358 g/mol. The monoisotopic (exact) mass is 365 g/mol. The second-order valence-electron chi connectivity index (χ2n) is 4.06. The molecule has 0 atom stereocenters. The van der Waals surface area contributed by atoms with E-state index in [0.717, 1.165) is 15.8 Å². The lowest BCUT2D eigenvalue weighted by Crippen LogP contribution is -2.17. The standard InChI is InChI=1S/C14H8BrNO2S2/c15-9-3-1-8(2-4-9)11-6-5-10(18-11)7-12-13(17)16-14(19)20-12/h1-7H,(H,16,17,19)/b12-7-. The van der Waals surface area contributed by atoms with Crippen molar-refractivity contribution in [3.8, 4) is 11.3 Å². The SMILES string of the molecule is O=C1NC(=S)S/C1=C\c1ccc(-c2ccc(Br)cc2)o1. The molecule has 20 heavy (non-hydrogen) atoms. The maximum absolute atomic E-state index is 11.6. The molecule has 0 saturated carbocycles. The third kappa shape index (κ3) is 2.87. The molecule has 1 fully saturated rings. The molecule has 6 heteroatoms. The summed E-state index contributed by atoms with van der Waals surface area (Å²) >= 11 is 9.57. The van der Waals surface area contributed by atoms with E-state index in [-0.39, 0.29) is 5.91 Å². The molecule has 3 rings (SSSR count). The largest absolute Gasteiger partial charge is 0.457 e. The summed E-state index contributed by atoms with van der Waals surface area (Å²) in [4.78, 5) is 12.1. The zero-order valence-corrected chi connectivity index (χ0v) is 13.3. The topological polar surface area (TPSA) is 42.2 Å². The van der Waals surface area contributed by atoms with Gasteiger partial charge in [0.15, 0.2) is 0 Å². The minimum atomic E-state index is -0.179. The first-order valence-corrected chi connectivity index (χ1v) is 7.74. The minimum absolute atomic E-state index is 0.179. The summed E-state index contributed by atoms with van der Waals surface area (Å²) < 4.78 is 7.22. The van der Waals surface area contributed by atoms with Crippen LogP contribution >= 0.6 is 39.9 Å². The van der Waals surface area contributed by atoms with Gasteiger partial charge in [-0.3, -0.25) is 4.79 Å². The maximum Gasteiger partial charge on any atom is 0.263 e. The smallest absolute Gasteiger partial charge is 0.263 e. The predicted octanol–water partition coefficient (Wildman–Crippen LogP) is 4.20.